The summed E-state index contributed by atoms with van der Waals surface area (Å²) in [5, 5.41) is 6.97. The highest BCUT2D eigenvalue weighted by molar-refractivity contribution is 5.97. The molecule has 0 bridgehead atoms. The van der Waals surface area contributed by atoms with Crippen LogP contribution in [-0.2, 0) is 28.6 Å². The first-order valence-electron chi connectivity index (χ1n) is 4.90. The summed E-state index contributed by atoms with van der Waals surface area (Å²) in [6.45, 7) is 6.61. The van der Waals surface area contributed by atoms with Crippen LogP contribution in [0.5, 0.6) is 0 Å². The molecule has 96 valence electrons. The third kappa shape index (κ3) is 2.82. The Bertz CT molecular complexity index is 354. The van der Waals surface area contributed by atoms with Crippen molar-refractivity contribution in [3.8, 4) is 0 Å². The highest BCUT2D eigenvalue weighted by atomic mass is 16.6. The van der Waals surface area contributed by atoms with Gasteiger partial charge in [-0.2, -0.15) is 0 Å². The Balaban J connectivity index is 3.07. The van der Waals surface area contributed by atoms with Gasteiger partial charge in [0.2, 0.25) is 18.3 Å². The molecule has 1 saturated heterocycles. The van der Waals surface area contributed by atoms with E-state index in [1.165, 1.54) is 0 Å². The van der Waals surface area contributed by atoms with Gasteiger partial charge in [0.15, 0.2) is 0 Å². The Kier molecular flexibility index (Phi) is 4.36. The van der Waals surface area contributed by atoms with Gasteiger partial charge in [0, 0.05) is 6.21 Å². The summed E-state index contributed by atoms with van der Waals surface area (Å²) < 4.78 is 14.0. The van der Waals surface area contributed by atoms with E-state index in [0.717, 1.165) is 12.2 Å². The van der Waals surface area contributed by atoms with Crippen molar-refractivity contribution in [1.82, 2.24) is 0 Å². The Morgan fingerprint density at radius 2 is 1.17 bits per heavy atom. The lowest BCUT2D eigenvalue weighted by Gasteiger charge is -2.12. The second-order valence-electron chi connectivity index (χ2n) is 3.21. The van der Waals surface area contributed by atoms with E-state index in [2.05, 4.69) is 22.6 Å². The minimum Gasteiger partial charge on any atom is -0.443 e. The SMILES string of the molecule is C=CC1OC(=O)C(C=C)OC(=O)C(C=N)OC1=O. The summed E-state index contributed by atoms with van der Waals surface area (Å²) in [6, 6.07) is 0. The minimum absolute atomic E-state index is 0.580. The number of carbonyl (C=O) groups is 3. The summed E-state index contributed by atoms with van der Waals surface area (Å²) in [4.78, 5) is 34.5. The molecule has 0 saturated carbocycles. The molecule has 1 N–H and O–H groups in total. The van der Waals surface area contributed by atoms with E-state index in [9.17, 15) is 14.4 Å². The van der Waals surface area contributed by atoms with Crippen molar-refractivity contribution >= 4 is 24.1 Å². The van der Waals surface area contributed by atoms with Gasteiger partial charge in [-0.15, -0.1) is 0 Å². The maximum absolute atomic E-state index is 11.5. The summed E-state index contributed by atoms with van der Waals surface area (Å²) in [5.41, 5.74) is 0. The molecule has 0 radical (unpaired) electrons. The minimum atomic E-state index is -1.53. The molecule has 1 rings (SSSR count). The predicted octanol–water partition coefficient (Wildman–Crippen LogP) is -0.243. The largest absolute Gasteiger partial charge is 0.443 e. The van der Waals surface area contributed by atoms with E-state index in [-0.39, 0.29) is 0 Å². The molecule has 0 aliphatic carbocycles. The van der Waals surface area contributed by atoms with Crippen molar-refractivity contribution in [2.45, 2.75) is 18.3 Å². The lowest BCUT2D eigenvalue weighted by Crippen LogP contribution is -2.33. The second-order valence-corrected chi connectivity index (χ2v) is 3.21. The van der Waals surface area contributed by atoms with Gasteiger partial charge in [-0.05, 0) is 12.2 Å². The van der Waals surface area contributed by atoms with Gasteiger partial charge >= 0.3 is 17.9 Å². The van der Waals surface area contributed by atoms with Gasteiger partial charge in [-0.25, -0.2) is 14.4 Å². The van der Waals surface area contributed by atoms with Gasteiger partial charge in [0.1, 0.15) is 0 Å². The first-order chi connectivity index (χ1) is 8.53. The fourth-order valence-electron chi connectivity index (χ4n) is 1.11. The molecule has 0 aromatic carbocycles. The first-order valence-corrected chi connectivity index (χ1v) is 4.90. The monoisotopic (exact) mass is 253 g/mol. The van der Waals surface area contributed by atoms with Crippen LogP contribution in [0.1, 0.15) is 0 Å². The molecule has 1 aliphatic heterocycles. The third-order valence-electron chi connectivity index (χ3n) is 2.01. The lowest BCUT2D eigenvalue weighted by molar-refractivity contribution is -0.165. The summed E-state index contributed by atoms with van der Waals surface area (Å²) in [5.74, 6) is -3.02. The molecule has 1 aliphatic rings. The number of carbonyl (C=O) groups excluding carboxylic acids is 3. The predicted molar refractivity (Wildman–Crippen MR) is 58.8 cm³/mol. The van der Waals surface area contributed by atoms with Crippen LogP contribution in [0.3, 0.4) is 0 Å². The first kappa shape index (κ1) is 13.6. The van der Waals surface area contributed by atoms with Crippen LogP contribution >= 0.6 is 0 Å². The van der Waals surface area contributed by atoms with Crippen LogP contribution in [0.4, 0.5) is 0 Å². The molecule has 0 aromatic rings. The van der Waals surface area contributed by atoms with Crippen molar-refractivity contribution in [2.24, 2.45) is 0 Å². The van der Waals surface area contributed by atoms with Crippen LogP contribution in [0.25, 0.3) is 0 Å². The molecule has 7 nitrogen and oxygen atoms in total. The highest BCUT2D eigenvalue weighted by Gasteiger charge is 2.35. The van der Waals surface area contributed by atoms with Crippen molar-refractivity contribution in [3.63, 3.8) is 0 Å². The van der Waals surface area contributed by atoms with Crippen LogP contribution in [0.2, 0.25) is 0 Å². The quantitative estimate of drug-likeness (QED) is 0.322. The topological polar surface area (TPSA) is 103 Å². The number of hydrogen-bond acceptors (Lipinski definition) is 7. The summed E-state index contributed by atoms with van der Waals surface area (Å²) >= 11 is 0. The van der Waals surface area contributed by atoms with Gasteiger partial charge in [-0.3, -0.25) is 0 Å². The van der Waals surface area contributed by atoms with Crippen molar-refractivity contribution in [1.29, 1.82) is 5.41 Å². The molecule has 1 heterocycles. The van der Waals surface area contributed by atoms with Crippen LogP contribution in [0, 0.1) is 5.41 Å². The maximum atomic E-state index is 11.5. The summed E-state index contributed by atoms with van der Waals surface area (Å²) in [6.07, 6.45) is -1.60. The average Bonchev–Trinajstić information content (AvgIpc) is 2.41. The molecule has 3 unspecified atom stereocenters. The number of esters is 3. The fourth-order valence-corrected chi connectivity index (χ4v) is 1.11. The normalized spacial score (nSPS) is 28.7. The molecule has 1 fully saturated rings. The van der Waals surface area contributed by atoms with E-state index < -0.39 is 36.2 Å². The number of nitrogens with one attached hydrogen (secondary N) is 1. The molecule has 18 heavy (non-hydrogen) atoms. The number of cyclic esters (lactones) is 3. The molecule has 0 spiro atoms. The van der Waals surface area contributed by atoms with E-state index >= 15 is 0 Å². The van der Waals surface area contributed by atoms with Crippen LogP contribution < -0.4 is 0 Å². The van der Waals surface area contributed by atoms with Gasteiger partial charge in [-0.1, -0.05) is 13.2 Å². The van der Waals surface area contributed by atoms with E-state index in [0.29, 0.717) is 6.21 Å². The molecule has 7 heteroatoms. The molecule has 0 aromatic heterocycles. The number of hydrogen-bond donors (Lipinski definition) is 1. The Morgan fingerprint density at radius 1 is 0.833 bits per heavy atom. The van der Waals surface area contributed by atoms with Gasteiger partial charge in [0.25, 0.3) is 0 Å². The van der Waals surface area contributed by atoms with Crippen LogP contribution in [0.15, 0.2) is 25.3 Å². The standard InChI is InChI=1S/C11H11NO6/c1-3-6-9(13)16-7(4-2)10(14)18-8(5-12)11(15)17-6/h3-8,12H,1-2H2. The smallest absolute Gasteiger partial charge is 0.354 e. The Labute approximate surface area is 103 Å². The van der Waals surface area contributed by atoms with Crippen molar-refractivity contribution < 1.29 is 28.6 Å². The fraction of sp³-hybridized carbons (Fsp3) is 0.273. The second kappa shape index (κ2) is 5.76. The lowest BCUT2D eigenvalue weighted by atomic mass is 10.3. The van der Waals surface area contributed by atoms with E-state index in [1.54, 1.807) is 0 Å². The third-order valence-corrected chi connectivity index (χ3v) is 2.01. The van der Waals surface area contributed by atoms with E-state index in [1.807, 2.05) is 0 Å². The number of rotatable bonds is 3. The molecule has 3 atom stereocenters. The van der Waals surface area contributed by atoms with Gasteiger partial charge < -0.3 is 19.6 Å². The zero-order valence-corrected chi connectivity index (χ0v) is 9.33. The molecular formula is C11H11NO6. The Morgan fingerprint density at radius 3 is 1.50 bits per heavy atom. The summed E-state index contributed by atoms with van der Waals surface area (Å²) in [7, 11) is 0. The maximum Gasteiger partial charge on any atom is 0.354 e. The molecular weight excluding hydrogens is 242 g/mol. The van der Waals surface area contributed by atoms with Gasteiger partial charge in [0.05, 0.1) is 0 Å². The van der Waals surface area contributed by atoms with Crippen molar-refractivity contribution in [3.05, 3.63) is 25.3 Å². The Hall–Kier alpha value is -2.44. The highest BCUT2D eigenvalue weighted by Crippen LogP contribution is 2.10. The zero-order valence-electron chi connectivity index (χ0n) is 9.33. The number of ether oxygens (including phenoxy) is 3. The van der Waals surface area contributed by atoms with E-state index in [4.69, 9.17) is 10.1 Å². The van der Waals surface area contributed by atoms with Crippen LogP contribution in [-0.4, -0.2) is 42.4 Å². The average molecular weight is 253 g/mol. The zero-order chi connectivity index (χ0) is 13.7. The van der Waals surface area contributed by atoms with Crippen molar-refractivity contribution in [2.75, 3.05) is 0 Å². The molecule has 0 amide bonds.